The largest absolute Gasteiger partial charge is 0 e. The van der Waals surface area contributed by atoms with Crippen LogP contribution in [0.25, 0.3) is 0 Å². The maximum atomic E-state index is 0. The SMILES string of the molecule is [Ir].[La].[LiH].[Ru]. The van der Waals surface area contributed by atoms with E-state index in [0.717, 1.165) is 0 Å². The molecular weight excluding hydrogens is 439 g/mol. The van der Waals surface area contributed by atoms with Crippen molar-refractivity contribution in [3.8, 4) is 0 Å². The number of hydrogen-bond donors (Lipinski definition) is 0. The molecule has 0 N–H and O–H groups in total. The van der Waals surface area contributed by atoms with E-state index in [1.54, 1.807) is 0 Å². The normalized spacial score (nSPS) is 0. The number of hydrogen-bond acceptors (Lipinski definition) is 0. The smallest absolute Gasteiger partial charge is 0 e. The molecule has 0 unspecified atom stereocenters. The van der Waals surface area contributed by atoms with Crippen molar-refractivity contribution in [3.05, 3.63) is 0 Å². The molecule has 0 aliphatic carbocycles. The van der Waals surface area contributed by atoms with E-state index in [-0.39, 0.29) is 94.0 Å². The zero-order chi connectivity index (χ0) is 0. The molecule has 0 heterocycles. The van der Waals surface area contributed by atoms with Gasteiger partial charge in [-0.15, -0.1) is 0 Å². The minimum absolute atomic E-state index is 0. The van der Waals surface area contributed by atoms with Crippen molar-refractivity contribution < 1.29 is 75.2 Å². The van der Waals surface area contributed by atoms with Gasteiger partial charge in [-0.1, -0.05) is 0 Å². The van der Waals surface area contributed by atoms with Crippen LogP contribution in [0.4, 0.5) is 0 Å². The molecule has 22 valence electrons. The fraction of sp³-hybridized carbons (Fsp3) is 0. The molecule has 0 fully saturated rings. The van der Waals surface area contributed by atoms with Crippen LogP contribution in [0.2, 0.25) is 0 Å². The van der Waals surface area contributed by atoms with Gasteiger partial charge in [-0.3, -0.25) is 0 Å². The van der Waals surface area contributed by atoms with Crippen LogP contribution in [-0.4, -0.2) is 18.9 Å². The van der Waals surface area contributed by atoms with Gasteiger partial charge in [-0.2, -0.15) is 0 Å². The molecule has 4 heavy (non-hydrogen) atoms. The van der Waals surface area contributed by atoms with Gasteiger partial charge in [0.2, 0.25) is 0 Å². The monoisotopic (exact) mass is 442 g/mol. The summed E-state index contributed by atoms with van der Waals surface area (Å²) in [6.07, 6.45) is 0. The summed E-state index contributed by atoms with van der Waals surface area (Å²) in [7, 11) is 0. The van der Waals surface area contributed by atoms with E-state index in [0.29, 0.717) is 0 Å². The van der Waals surface area contributed by atoms with E-state index in [2.05, 4.69) is 0 Å². The standard InChI is InChI=1S/Ir.La.Li.Ru.H. The summed E-state index contributed by atoms with van der Waals surface area (Å²) in [6, 6.07) is 0. The summed E-state index contributed by atoms with van der Waals surface area (Å²) >= 11 is 0. The zero-order valence-electron chi connectivity index (χ0n) is 1.26. The molecule has 2 radical (unpaired) electrons. The summed E-state index contributed by atoms with van der Waals surface area (Å²) in [5, 5.41) is 0. The van der Waals surface area contributed by atoms with Crippen molar-refractivity contribution in [2.24, 2.45) is 0 Å². The van der Waals surface area contributed by atoms with Gasteiger partial charge in [0, 0.05) is 75.2 Å². The fourth-order valence-corrected chi connectivity index (χ4v) is 0. The van der Waals surface area contributed by atoms with Crippen molar-refractivity contribution in [2.45, 2.75) is 0 Å². The quantitative estimate of drug-likeness (QED) is 0.440. The molecule has 0 aliphatic rings. The Hall–Kier alpha value is 3.06. The van der Waals surface area contributed by atoms with Crippen molar-refractivity contribution in [1.82, 2.24) is 0 Å². The minimum atomic E-state index is 0. The Morgan fingerprint density at radius 2 is 1.00 bits per heavy atom. The second-order valence-corrected chi connectivity index (χ2v) is 0. The molecule has 4 heteroatoms. The molecule has 0 aromatic rings. The van der Waals surface area contributed by atoms with Gasteiger partial charge >= 0.3 is 18.9 Å². The summed E-state index contributed by atoms with van der Waals surface area (Å²) in [5.74, 6) is 0. The van der Waals surface area contributed by atoms with Crippen LogP contribution in [0.3, 0.4) is 0 Å². The van der Waals surface area contributed by atoms with Crippen molar-refractivity contribution in [3.63, 3.8) is 0 Å². The van der Waals surface area contributed by atoms with E-state index in [1.165, 1.54) is 0 Å². The summed E-state index contributed by atoms with van der Waals surface area (Å²) in [4.78, 5) is 0. The Morgan fingerprint density at radius 3 is 1.00 bits per heavy atom. The number of rotatable bonds is 0. The molecule has 0 bridgehead atoms. The second kappa shape index (κ2) is 16.6. The third-order valence-corrected chi connectivity index (χ3v) is 0. The van der Waals surface area contributed by atoms with Gasteiger partial charge in [-0.05, 0) is 0 Å². The van der Waals surface area contributed by atoms with Crippen LogP contribution in [0, 0.1) is 35.6 Å². The second-order valence-electron chi connectivity index (χ2n) is 0. The Morgan fingerprint density at radius 1 is 1.00 bits per heavy atom. The van der Waals surface area contributed by atoms with E-state index in [4.69, 9.17) is 0 Å². The molecule has 0 spiro atoms. The van der Waals surface area contributed by atoms with E-state index in [1.807, 2.05) is 0 Å². The van der Waals surface area contributed by atoms with Gasteiger partial charge in [0.25, 0.3) is 0 Å². The molecule has 0 saturated heterocycles. The van der Waals surface area contributed by atoms with Gasteiger partial charge in [0.1, 0.15) is 0 Å². The predicted octanol–water partition coefficient (Wildman–Crippen LogP) is -0.653. The third kappa shape index (κ3) is 8.91. The van der Waals surface area contributed by atoms with Gasteiger partial charge in [-0.25, -0.2) is 0 Å². The first kappa shape index (κ1) is 27.7. The summed E-state index contributed by atoms with van der Waals surface area (Å²) < 4.78 is 0. The van der Waals surface area contributed by atoms with E-state index in [9.17, 15) is 0 Å². The van der Waals surface area contributed by atoms with Crippen LogP contribution in [-0.2, 0) is 39.6 Å². The van der Waals surface area contributed by atoms with Crippen LogP contribution in [0.15, 0.2) is 0 Å². The van der Waals surface area contributed by atoms with Gasteiger partial charge < -0.3 is 0 Å². The first-order valence-electron chi connectivity index (χ1n) is 0. The minimum Gasteiger partial charge on any atom is 0 e. The Bertz CT molecular complexity index is 8.00. The molecule has 0 nitrogen and oxygen atoms in total. The van der Waals surface area contributed by atoms with E-state index >= 15 is 0 Å². The van der Waals surface area contributed by atoms with Crippen LogP contribution in [0.5, 0.6) is 0 Å². The maximum absolute atomic E-state index is 0. The molecule has 0 aliphatic heterocycles. The Labute approximate surface area is 92.1 Å². The first-order valence-corrected chi connectivity index (χ1v) is 0. The van der Waals surface area contributed by atoms with Crippen molar-refractivity contribution in [2.75, 3.05) is 0 Å². The van der Waals surface area contributed by atoms with Crippen LogP contribution < -0.4 is 0 Å². The molecule has 0 aromatic carbocycles. The topological polar surface area (TPSA) is 0 Å². The average Bonchev–Trinajstić information content (AvgIpc) is 0. The molecule has 0 atom stereocenters. The third-order valence-electron chi connectivity index (χ3n) is 0. The van der Waals surface area contributed by atoms with Crippen LogP contribution >= 0.6 is 0 Å². The predicted molar refractivity (Wildman–Crippen MR) is 7.15 cm³/mol. The van der Waals surface area contributed by atoms with Crippen molar-refractivity contribution >= 4 is 18.9 Å². The summed E-state index contributed by atoms with van der Waals surface area (Å²) in [5.41, 5.74) is 0. The molecule has 0 amide bonds. The maximum Gasteiger partial charge on any atom is 0 e. The van der Waals surface area contributed by atoms with Gasteiger partial charge in [0.05, 0.1) is 0 Å². The molecular formula is HIrLaLiRu. The molecule has 0 saturated carbocycles. The summed E-state index contributed by atoms with van der Waals surface area (Å²) in [6.45, 7) is 0. The Balaban J connectivity index is 0. The van der Waals surface area contributed by atoms with Gasteiger partial charge in [0.15, 0.2) is 0 Å². The fourth-order valence-electron chi connectivity index (χ4n) is 0. The molecule has 0 rings (SSSR count). The molecule has 0 aromatic heterocycles. The van der Waals surface area contributed by atoms with Crippen LogP contribution in [0.1, 0.15) is 0 Å². The van der Waals surface area contributed by atoms with Crippen molar-refractivity contribution in [1.29, 1.82) is 0 Å². The Kier molecular flexibility index (Phi) is 115. The average molecular weight is 440 g/mol. The zero-order valence-corrected chi connectivity index (χ0v) is 9.02. The first-order chi connectivity index (χ1) is 0. The van der Waals surface area contributed by atoms with E-state index < -0.39 is 0 Å².